The highest BCUT2D eigenvalue weighted by Crippen LogP contribution is 2.27. The van der Waals surface area contributed by atoms with Gasteiger partial charge < -0.3 is 4.79 Å². The number of fused-ring (bicyclic) bond motifs is 1. The number of carbonyl (C=O) groups excluding carboxylic acids is 1. The second kappa shape index (κ2) is 5.93. The lowest BCUT2D eigenvalue weighted by atomic mass is 9.91. The van der Waals surface area contributed by atoms with Crippen LogP contribution < -0.4 is 0 Å². The number of aldehydes is 1. The summed E-state index contributed by atoms with van der Waals surface area (Å²) >= 11 is 3.35. The average Bonchev–Trinajstić information content (AvgIpc) is 2.51. The van der Waals surface area contributed by atoms with Crippen molar-refractivity contribution < 1.29 is 13.6 Å². The maximum absolute atomic E-state index is 13.4. The third-order valence-electron chi connectivity index (χ3n) is 3.47. The van der Waals surface area contributed by atoms with E-state index < -0.39 is 17.6 Å². The first-order chi connectivity index (χ1) is 10.6. The molecule has 3 aromatic rings. The molecular formula is C17H10BrF2NO. The van der Waals surface area contributed by atoms with E-state index in [1.165, 1.54) is 6.07 Å². The molecule has 2 nitrogen and oxygen atoms in total. The van der Waals surface area contributed by atoms with E-state index in [1.54, 1.807) is 18.3 Å². The van der Waals surface area contributed by atoms with Crippen molar-refractivity contribution in [2.24, 2.45) is 0 Å². The summed E-state index contributed by atoms with van der Waals surface area (Å²) < 4.78 is 27.3. The van der Waals surface area contributed by atoms with Crippen molar-refractivity contribution >= 4 is 33.1 Å². The predicted octanol–water partition coefficient (Wildman–Crippen LogP) is 4.61. The molecule has 0 fully saturated rings. The zero-order valence-electron chi connectivity index (χ0n) is 11.3. The minimum Gasteiger partial charge on any atom is -0.302 e. The molecule has 0 spiro atoms. The van der Waals surface area contributed by atoms with Gasteiger partial charge in [-0.3, -0.25) is 4.98 Å². The fourth-order valence-corrected chi connectivity index (χ4v) is 2.72. The molecule has 0 saturated heterocycles. The Morgan fingerprint density at radius 3 is 2.45 bits per heavy atom. The van der Waals surface area contributed by atoms with Gasteiger partial charge in [0.05, 0.1) is 11.4 Å². The molecule has 5 heteroatoms. The molecule has 110 valence electrons. The van der Waals surface area contributed by atoms with Gasteiger partial charge in [0.25, 0.3) is 0 Å². The second-order valence-corrected chi connectivity index (χ2v) is 5.81. The quantitative estimate of drug-likeness (QED) is 0.637. The first-order valence-corrected chi connectivity index (χ1v) is 7.33. The van der Waals surface area contributed by atoms with Gasteiger partial charge in [-0.15, -0.1) is 0 Å². The van der Waals surface area contributed by atoms with Gasteiger partial charge in [-0.1, -0.05) is 12.1 Å². The summed E-state index contributed by atoms with van der Waals surface area (Å²) in [7, 11) is 0. The summed E-state index contributed by atoms with van der Waals surface area (Å²) in [5.74, 6) is -2.55. The number of aromatic nitrogens is 1. The van der Waals surface area contributed by atoms with Crippen LogP contribution in [0.5, 0.6) is 0 Å². The topological polar surface area (TPSA) is 30.0 Å². The zero-order valence-corrected chi connectivity index (χ0v) is 12.8. The van der Waals surface area contributed by atoms with Gasteiger partial charge in [0.1, 0.15) is 6.29 Å². The fourth-order valence-electron chi connectivity index (χ4n) is 2.37. The van der Waals surface area contributed by atoms with E-state index in [-0.39, 0.29) is 0 Å². The number of carbonyl (C=O) groups is 1. The second-order valence-electron chi connectivity index (χ2n) is 4.89. The van der Waals surface area contributed by atoms with Crippen LogP contribution in [0.2, 0.25) is 0 Å². The van der Waals surface area contributed by atoms with Crippen molar-refractivity contribution in [3.63, 3.8) is 0 Å². The normalized spacial score (nSPS) is 12.3. The Bertz CT molecular complexity index is 866. The Labute approximate surface area is 133 Å². The standard InChI is InChI=1S/C17H10BrF2NO/c18-13-6-12-5-10(2-4-17(12)21-8-13)14(9-22)11-1-3-15(19)16(20)7-11/h1-9,14H/t14-/m0/s1. The van der Waals surface area contributed by atoms with Crippen molar-refractivity contribution in [1.82, 2.24) is 4.98 Å². The summed E-state index contributed by atoms with van der Waals surface area (Å²) in [6.45, 7) is 0. The molecular weight excluding hydrogens is 352 g/mol. The summed E-state index contributed by atoms with van der Waals surface area (Å²) in [5, 5.41) is 0.862. The van der Waals surface area contributed by atoms with Gasteiger partial charge in [0, 0.05) is 16.1 Å². The van der Waals surface area contributed by atoms with Crippen LogP contribution in [0.15, 0.2) is 53.1 Å². The number of hydrogen-bond donors (Lipinski definition) is 0. The Morgan fingerprint density at radius 2 is 1.73 bits per heavy atom. The number of pyridine rings is 1. The third-order valence-corrected chi connectivity index (χ3v) is 3.90. The van der Waals surface area contributed by atoms with E-state index in [4.69, 9.17) is 0 Å². The molecule has 0 aliphatic rings. The molecule has 1 aromatic heterocycles. The van der Waals surface area contributed by atoms with Gasteiger partial charge in [0.15, 0.2) is 11.6 Å². The molecule has 1 heterocycles. The van der Waals surface area contributed by atoms with Gasteiger partial charge in [-0.2, -0.15) is 0 Å². The SMILES string of the molecule is O=C[C@H](c1ccc(F)c(F)c1)c1ccc2ncc(Br)cc2c1. The highest BCUT2D eigenvalue weighted by atomic mass is 79.9. The Kier molecular flexibility index (Phi) is 3.98. The predicted molar refractivity (Wildman–Crippen MR) is 83.7 cm³/mol. The molecule has 22 heavy (non-hydrogen) atoms. The molecule has 0 bridgehead atoms. The Balaban J connectivity index is 2.09. The molecule has 0 amide bonds. The Hall–Kier alpha value is -2.14. The van der Waals surface area contributed by atoms with Crippen molar-refractivity contribution in [3.8, 4) is 0 Å². The maximum atomic E-state index is 13.4. The zero-order chi connectivity index (χ0) is 15.7. The molecule has 3 rings (SSSR count). The molecule has 0 saturated carbocycles. The molecule has 0 aliphatic heterocycles. The lowest BCUT2D eigenvalue weighted by Gasteiger charge is -2.12. The number of halogens is 3. The van der Waals surface area contributed by atoms with Crippen LogP contribution in [-0.2, 0) is 4.79 Å². The minimum absolute atomic E-state index is 0.413. The maximum Gasteiger partial charge on any atom is 0.159 e. The van der Waals surface area contributed by atoms with Gasteiger partial charge >= 0.3 is 0 Å². The monoisotopic (exact) mass is 361 g/mol. The number of rotatable bonds is 3. The smallest absolute Gasteiger partial charge is 0.159 e. The summed E-state index contributed by atoms with van der Waals surface area (Å²) in [5.41, 5.74) is 1.91. The van der Waals surface area contributed by atoms with E-state index in [1.807, 2.05) is 12.1 Å². The minimum atomic E-state index is -0.963. The van der Waals surface area contributed by atoms with E-state index in [2.05, 4.69) is 20.9 Å². The summed E-state index contributed by atoms with van der Waals surface area (Å²) in [4.78, 5) is 15.7. The van der Waals surface area contributed by atoms with Crippen molar-refractivity contribution in [1.29, 1.82) is 0 Å². The van der Waals surface area contributed by atoms with Crippen molar-refractivity contribution in [3.05, 3.63) is 75.9 Å². The molecule has 0 aliphatic carbocycles. The average molecular weight is 362 g/mol. The fraction of sp³-hybridized carbons (Fsp3) is 0.0588. The van der Waals surface area contributed by atoms with E-state index in [0.29, 0.717) is 11.1 Å². The first-order valence-electron chi connectivity index (χ1n) is 6.54. The highest BCUT2D eigenvalue weighted by molar-refractivity contribution is 9.10. The van der Waals surface area contributed by atoms with Gasteiger partial charge in [-0.25, -0.2) is 8.78 Å². The summed E-state index contributed by atoms with van der Waals surface area (Å²) in [6.07, 6.45) is 2.41. The van der Waals surface area contributed by atoms with Crippen LogP contribution in [-0.4, -0.2) is 11.3 Å². The van der Waals surface area contributed by atoms with Crippen LogP contribution in [0.1, 0.15) is 17.0 Å². The van der Waals surface area contributed by atoms with Crippen molar-refractivity contribution in [2.45, 2.75) is 5.92 Å². The van der Waals surface area contributed by atoms with Crippen LogP contribution in [0.3, 0.4) is 0 Å². The first kappa shape index (κ1) is 14.8. The van der Waals surface area contributed by atoms with Crippen molar-refractivity contribution in [2.75, 3.05) is 0 Å². The van der Waals surface area contributed by atoms with E-state index >= 15 is 0 Å². The highest BCUT2D eigenvalue weighted by Gasteiger charge is 2.16. The molecule has 0 radical (unpaired) electrons. The van der Waals surface area contributed by atoms with E-state index in [9.17, 15) is 13.6 Å². The third kappa shape index (κ3) is 2.76. The van der Waals surface area contributed by atoms with E-state index in [0.717, 1.165) is 33.8 Å². The van der Waals surface area contributed by atoms with Gasteiger partial charge in [0.2, 0.25) is 0 Å². The lowest BCUT2D eigenvalue weighted by molar-refractivity contribution is -0.108. The van der Waals surface area contributed by atoms with Crippen LogP contribution in [0.4, 0.5) is 8.78 Å². The number of hydrogen-bond acceptors (Lipinski definition) is 2. The van der Waals surface area contributed by atoms with Crippen LogP contribution >= 0.6 is 15.9 Å². The lowest BCUT2D eigenvalue weighted by Crippen LogP contribution is -2.04. The Morgan fingerprint density at radius 1 is 1.00 bits per heavy atom. The summed E-state index contributed by atoms with van der Waals surface area (Å²) in [6, 6.07) is 10.8. The van der Waals surface area contributed by atoms with Gasteiger partial charge in [-0.05, 0) is 57.4 Å². The largest absolute Gasteiger partial charge is 0.302 e. The number of nitrogens with zero attached hydrogens (tertiary/aromatic N) is 1. The number of benzene rings is 2. The van der Waals surface area contributed by atoms with Crippen LogP contribution in [0, 0.1) is 11.6 Å². The molecule has 1 atom stereocenters. The van der Waals surface area contributed by atoms with Crippen LogP contribution in [0.25, 0.3) is 10.9 Å². The molecule has 0 N–H and O–H groups in total. The molecule has 2 aromatic carbocycles. The molecule has 0 unspecified atom stereocenters.